The van der Waals surface area contributed by atoms with Crippen molar-refractivity contribution < 1.29 is 23.7 Å². The van der Waals surface area contributed by atoms with Gasteiger partial charge < -0.3 is 18.9 Å². The molecule has 5 heteroatoms. The minimum absolute atomic E-state index is 0.0485. The topological polar surface area (TPSA) is 54.0 Å². The number of Topliss-reactive ketones (excluding diaryl/α,β-unsaturated/α-hetero) is 1. The predicted molar refractivity (Wildman–Crippen MR) is 132 cm³/mol. The molecule has 0 amide bonds. The summed E-state index contributed by atoms with van der Waals surface area (Å²) in [6, 6.07) is 11.3. The van der Waals surface area contributed by atoms with Crippen LogP contribution in [-0.2, 0) is 4.79 Å². The second-order valence-corrected chi connectivity index (χ2v) is 9.36. The van der Waals surface area contributed by atoms with Gasteiger partial charge in [0, 0.05) is 34.4 Å². The number of methoxy groups -OCH3 is 4. The third-order valence-electron chi connectivity index (χ3n) is 6.28. The standard InChI is InChI=1S/C28H34O5/c1-28(2,3)22-14-20(12-18-8-10-23(30-4)16-25(18)32-6)27(29)21(15-22)13-19-9-11-24(31-5)17-26(19)33-7/h8-13,16-17,22H,14-15H2,1-7H3. The van der Waals surface area contributed by atoms with Crippen molar-refractivity contribution in [3.05, 3.63) is 58.7 Å². The first-order valence-electron chi connectivity index (χ1n) is 11.1. The molecule has 0 unspecified atom stereocenters. The van der Waals surface area contributed by atoms with E-state index in [1.54, 1.807) is 28.4 Å². The number of allylic oxidation sites excluding steroid dienone is 2. The van der Waals surface area contributed by atoms with Crippen molar-refractivity contribution >= 4 is 17.9 Å². The summed E-state index contributed by atoms with van der Waals surface area (Å²) in [6.07, 6.45) is 5.35. The summed E-state index contributed by atoms with van der Waals surface area (Å²) in [7, 11) is 6.49. The Hall–Kier alpha value is -3.21. The van der Waals surface area contributed by atoms with E-state index in [0.29, 0.717) is 41.8 Å². The summed E-state index contributed by atoms with van der Waals surface area (Å²) in [6.45, 7) is 6.68. The molecule has 3 rings (SSSR count). The Kier molecular flexibility index (Phi) is 7.52. The van der Waals surface area contributed by atoms with E-state index < -0.39 is 0 Å². The lowest BCUT2D eigenvalue weighted by molar-refractivity contribution is -0.113. The van der Waals surface area contributed by atoms with Crippen LogP contribution in [0, 0.1) is 11.3 Å². The first-order chi connectivity index (χ1) is 15.7. The summed E-state index contributed by atoms with van der Waals surface area (Å²) in [5.74, 6) is 3.16. The quantitative estimate of drug-likeness (QED) is 0.490. The van der Waals surface area contributed by atoms with Crippen LogP contribution >= 0.6 is 0 Å². The molecule has 176 valence electrons. The Labute approximate surface area is 197 Å². The Bertz CT molecular complexity index is 995. The summed E-state index contributed by atoms with van der Waals surface area (Å²) in [5.41, 5.74) is 3.33. The molecule has 0 aliphatic heterocycles. The van der Waals surface area contributed by atoms with E-state index in [2.05, 4.69) is 20.8 Å². The van der Waals surface area contributed by atoms with Gasteiger partial charge in [-0.15, -0.1) is 0 Å². The molecule has 33 heavy (non-hydrogen) atoms. The Morgan fingerprint density at radius 3 is 1.48 bits per heavy atom. The minimum atomic E-state index is 0.0485. The molecule has 0 saturated heterocycles. The average Bonchev–Trinajstić information content (AvgIpc) is 2.81. The van der Waals surface area contributed by atoms with Crippen molar-refractivity contribution in [2.75, 3.05) is 28.4 Å². The lowest BCUT2D eigenvalue weighted by atomic mass is 9.68. The van der Waals surface area contributed by atoms with Gasteiger partial charge in [0.2, 0.25) is 0 Å². The van der Waals surface area contributed by atoms with Crippen LogP contribution in [0.2, 0.25) is 0 Å². The van der Waals surface area contributed by atoms with E-state index in [-0.39, 0.29) is 11.2 Å². The fourth-order valence-electron chi connectivity index (χ4n) is 4.11. The molecule has 0 bridgehead atoms. The zero-order valence-electron chi connectivity index (χ0n) is 20.7. The van der Waals surface area contributed by atoms with Crippen molar-refractivity contribution in [2.45, 2.75) is 33.6 Å². The van der Waals surface area contributed by atoms with E-state index in [1.165, 1.54) is 0 Å². The smallest absolute Gasteiger partial charge is 0.185 e. The van der Waals surface area contributed by atoms with Crippen molar-refractivity contribution in [3.63, 3.8) is 0 Å². The number of benzene rings is 2. The molecule has 0 atom stereocenters. The highest BCUT2D eigenvalue weighted by molar-refractivity contribution is 6.14. The second-order valence-electron chi connectivity index (χ2n) is 9.36. The molecular weight excluding hydrogens is 416 g/mol. The molecule has 0 spiro atoms. The number of hydrogen-bond acceptors (Lipinski definition) is 5. The van der Waals surface area contributed by atoms with Gasteiger partial charge in [-0.3, -0.25) is 4.79 Å². The molecule has 0 aromatic heterocycles. The van der Waals surface area contributed by atoms with Gasteiger partial charge in [0.1, 0.15) is 23.0 Å². The Morgan fingerprint density at radius 2 is 1.15 bits per heavy atom. The van der Waals surface area contributed by atoms with E-state index in [0.717, 1.165) is 22.3 Å². The number of carbonyl (C=O) groups excluding carboxylic acids is 1. The highest BCUT2D eigenvalue weighted by Crippen LogP contribution is 2.43. The molecule has 1 fully saturated rings. The third-order valence-corrected chi connectivity index (χ3v) is 6.28. The van der Waals surface area contributed by atoms with Crippen molar-refractivity contribution in [1.29, 1.82) is 0 Å². The molecule has 0 radical (unpaired) electrons. The number of rotatable bonds is 6. The van der Waals surface area contributed by atoms with Gasteiger partial charge in [0.15, 0.2) is 5.78 Å². The maximum Gasteiger partial charge on any atom is 0.185 e. The fourth-order valence-corrected chi connectivity index (χ4v) is 4.11. The van der Waals surface area contributed by atoms with E-state index in [4.69, 9.17) is 18.9 Å². The maximum absolute atomic E-state index is 13.6. The van der Waals surface area contributed by atoms with Crippen molar-refractivity contribution in [3.8, 4) is 23.0 Å². The SMILES string of the molecule is COc1ccc(C=C2CC(C(C)(C)C)CC(=Cc3ccc(OC)cc3OC)C2=O)c(OC)c1. The predicted octanol–water partition coefficient (Wildman–Crippen LogP) is 6.21. The lowest BCUT2D eigenvalue weighted by Gasteiger charge is -2.35. The summed E-state index contributed by atoms with van der Waals surface area (Å²) >= 11 is 0. The van der Waals surface area contributed by atoms with Crippen LogP contribution in [0.3, 0.4) is 0 Å². The van der Waals surface area contributed by atoms with E-state index >= 15 is 0 Å². The molecule has 2 aromatic carbocycles. The third kappa shape index (κ3) is 5.59. The molecule has 0 heterocycles. The first-order valence-corrected chi connectivity index (χ1v) is 11.1. The molecule has 2 aromatic rings. The Balaban J connectivity index is 2.07. The monoisotopic (exact) mass is 450 g/mol. The highest BCUT2D eigenvalue weighted by atomic mass is 16.5. The van der Waals surface area contributed by atoms with E-state index in [9.17, 15) is 4.79 Å². The van der Waals surface area contributed by atoms with Gasteiger partial charge in [-0.1, -0.05) is 20.8 Å². The average molecular weight is 451 g/mol. The molecule has 0 N–H and O–H groups in total. The zero-order valence-corrected chi connectivity index (χ0v) is 20.7. The van der Waals surface area contributed by atoms with Gasteiger partial charge in [-0.25, -0.2) is 0 Å². The van der Waals surface area contributed by atoms with Crippen LogP contribution in [0.4, 0.5) is 0 Å². The normalized spacial score (nSPS) is 19.0. The van der Waals surface area contributed by atoms with Crippen molar-refractivity contribution in [2.24, 2.45) is 11.3 Å². The van der Waals surface area contributed by atoms with Crippen LogP contribution in [0.25, 0.3) is 12.2 Å². The van der Waals surface area contributed by atoms with Gasteiger partial charge in [0.05, 0.1) is 28.4 Å². The largest absolute Gasteiger partial charge is 0.497 e. The van der Waals surface area contributed by atoms with Crippen LogP contribution < -0.4 is 18.9 Å². The molecular formula is C28H34O5. The first kappa shape index (κ1) is 24.4. The molecule has 1 saturated carbocycles. The van der Waals surface area contributed by atoms with Gasteiger partial charge >= 0.3 is 0 Å². The molecule has 1 aliphatic carbocycles. The fraction of sp³-hybridized carbons (Fsp3) is 0.393. The van der Waals surface area contributed by atoms with Crippen LogP contribution in [0.15, 0.2) is 47.5 Å². The highest BCUT2D eigenvalue weighted by Gasteiger charge is 2.34. The number of ketones is 1. The van der Waals surface area contributed by atoms with Gasteiger partial charge in [-0.2, -0.15) is 0 Å². The molecule has 1 aliphatic rings. The summed E-state index contributed by atoms with van der Waals surface area (Å²) in [5, 5.41) is 0. The van der Waals surface area contributed by atoms with Crippen LogP contribution in [0.5, 0.6) is 23.0 Å². The number of hydrogen-bond donors (Lipinski definition) is 0. The lowest BCUT2D eigenvalue weighted by Crippen LogP contribution is -2.29. The second kappa shape index (κ2) is 10.2. The number of ether oxygens (including phenoxy) is 4. The van der Waals surface area contributed by atoms with Crippen LogP contribution in [0.1, 0.15) is 44.7 Å². The van der Waals surface area contributed by atoms with Crippen molar-refractivity contribution in [1.82, 2.24) is 0 Å². The van der Waals surface area contributed by atoms with Gasteiger partial charge in [0.25, 0.3) is 0 Å². The maximum atomic E-state index is 13.6. The summed E-state index contributed by atoms with van der Waals surface area (Å²) < 4.78 is 21.7. The summed E-state index contributed by atoms with van der Waals surface area (Å²) in [4.78, 5) is 13.6. The van der Waals surface area contributed by atoms with Crippen LogP contribution in [-0.4, -0.2) is 34.2 Å². The molecule has 5 nitrogen and oxygen atoms in total. The number of carbonyl (C=O) groups is 1. The minimum Gasteiger partial charge on any atom is -0.497 e. The van der Waals surface area contributed by atoms with Gasteiger partial charge in [-0.05, 0) is 60.6 Å². The Morgan fingerprint density at radius 1 is 0.727 bits per heavy atom. The zero-order chi connectivity index (χ0) is 24.2. The van der Waals surface area contributed by atoms with E-state index in [1.807, 2.05) is 48.6 Å².